The summed E-state index contributed by atoms with van der Waals surface area (Å²) in [6.07, 6.45) is 5.43. The average Bonchev–Trinajstić information content (AvgIpc) is 3.27. The monoisotopic (exact) mass is 346 g/mol. The summed E-state index contributed by atoms with van der Waals surface area (Å²) in [6, 6.07) is 15.3. The average molecular weight is 346 g/mol. The number of carbonyl (C=O) groups is 1. The van der Waals surface area contributed by atoms with E-state index in [4.69, 9.17) is 0 Å². The van der Waals surface area contributed by atoms with E-state index in [1.165, 1.54) is 0 Å². The highest BCUT2D eigenvalue weighted by Crippen LogP contribution is 2.19. The number of hydrogen-bond donors (Lipinski definition) is 2. The molecule has 4 rings (SSSR count). The summed E-state index contributed by atoms with van der Waals surface area (Å²) in [5, 5.41) is 15.2. The highest BCUT2D eigenvalue weighted by molar-refractivity contribution is 5.89. The van der Waals surface area contributed by atoms with Gasteiger partial charge in [-0.1, -0.05) is 18.2 Å². The highest BCUT2D eigenvalue weighted by Gasteiger charge is 2.06. The van der Waals surface area contributed by atoms with Gasteiger partial charge in [-0.15, -0.1) is 0 Å². The first-order chi connectivity index (χ1) is 12.7. The van der Waals surface area contributed by atoms with E-state index in [2.05, 4.69) is 20.8 Å². The van der Waals surface area contributed by atoms with Crippen molar-refractivity contribution in [1.82, 2.24) is 24.9 Å². The first-order valence-electron chi connectivity index (χ1n) is 8.24. The number of amides is 2. The fourth-order valence-electron chi connectivity index (χ4n) is 2.78. The largest absolute Gasteiger partial charge is 0.334 e. The molecule has 0 fully saturated rings. The molecule has 4 aromatic rings. The fourth-order valence-corrected chi connectivity index (χ4v) is 2.78. The molecular weight excluding hydrogens is 328 g/mol. The Kier molecular flexibility index (Phi) is 4.10. The van der Waals surface area contributed by atoms with Crippen molar-refractivity contribution in [1.29, 1.82) is 0 Å². The lowest BCUT2D eigenvalue weighted by Crippen LogP contribution is -2.28. The zero-order valence-electron chi connectivity index (χ0n) is 14.3. The van der Waals surface area contributed by atoms with Crippen molar-refractivity contribution in [3.63, 3.8) is 0 Å². The highest BCUT2D eigenvalue weighted by atomic mass is 16.2. The number of carbonyl (C=O) groups excluding carboxylic acids is 1. The van der Waals surface area contributed by atoms with Gasteiger partial charge in [0.15, 0.2) is 0 Å². The van der Waals surface area contributed by atoms with Crippen molar-refractivity contribution in [3.8, 4) is 5.69 Å². The summed E-state index contributed by atoms with van der Waals surface area (Å²) >= 11 is 0. The number of benzene rings is 2. The topological polar surface area (TPSA) is 76.8 Å². The van der Waals surface area contributed by atoms with Gasteiger partial charge in [0.1, 0.15) is 0 Å². The van der Waals surface area contributed by atoms with Crippen LogP contribution in [0.4, 0.5) is 10.5 Å². The van der Waals surface area contributed by atoms with Gasteiger partial charge < -0.3 is 10.6 Å². The first-order valence-corrected chi connectivity index (χ1v) is 8.24. The van der Waals surface area contributed by atoms with Crippen LogP contribution in [0, 0.1) is 0 Å². The first kappa shape index (κ1) is 15.9. The Morgan fingerprint density at radius 2 is 1.85 bits per heavy atom. The number of rotatable bonds is 4. The van der Waals surface area contributed by atoms with Crippen molar-refractivity contribution in [2.75, 3.05) is 5.32 Å². The van der Waals surface area contributed by atoms with Gasteiger partial charge in [0, 0.05) is 36.4 Å². The molecule has 26 heavy (non-hydrogen) atoms. The van der Waals surface area contributed by atoms with Crippen LogP contribution in [-0.2, 0) is 13.6 Å². The Morgan fingerprint density at radius 1 is 1.04 bits per heavy atom. The van der Waals surface area contributed by atoms with E-state index >= 15 is 0 Å². The van der Waals surface area contributed by atoms with E-state index in [0.717, 1.165) is 22.2 Å². The summed E-state index contributed by atoms with van der Waals surface area (Å²) < 4.78 is 3.58. The minimum absolute atomic E-state index is 0.258. The Morgan fingerprint density at radius 3 is 2.62 bits per heavy atom. The van der Waals surface area contributed by atoms with E-state index in [1.807, 2.05) is 72.7 Å². The Balaban J connectivity index is 1.42. The summed E-state index contributed by atoms with van der Waals surface area (Å²) in [6.45, 7) is 0.428. The Labute approximate surface area is 150 Å². The molecule has 2 aromatic carbocycles. The Hall–Kier alpha value is -3.61. The second-order valence-electron chi connectivity index (χ2n) is 5.99. The molecule has 0 saturated heterocycles. The Bertz CT molecular complexity index is 1050. The lowest BCUT2D eigenvalue weighted by atomic mass is 10.2. The molecule has 0 atom stereocenters. The quantitative estimate of drug-likeness (QED) is 0.596. The van der Waals surface area contributed by atoms with Crippen LogP contribution >= 0.6 is 0 Å². The molecule has 0 saturated carbocycles. The van der Waals surface area contributed by atoms with Crippen molar-refractivity contribution < 1.29 is 4.79 Å². The molecule has 0 bridgehead atoms. The van der Waals surface area contributed by atoms with E-state index in [1.54, 1.807) is 10.9 Å². The molecule has 7 nitrogen and oxygen atoms in total. The van der Waals surface area contributed by atoms with Gasteiger partial charge in [0.25, 0.3) is 0 Å². The lowest BCUT2D eigenvalue weighted by Gasteiger charge is -2.08. The lowest BCUT2D eigenvalue weighted by molar-refractivity contribution is 0.251. The molecule has 0 aliphatic carbocycles. The number of para-hydroxylation sites is 1. The minimum atomic E-state index is -0.258. The molecule has 0 radical (unpaired) electrons. The summed E-state index contributed by atoms with van der Waals surface area (Å²) in [5.41, 5.74) is 3.65. The molecule has 0 spiro atoms. The van der Waals surface area contributed by atoms with Gasteiger partial charge in [-0.3, -0.25) is 4.68 Å². The minimum Gasteiger partial charge on any atom is -0.334 e. The van der Waals surface area contributed by atoms with Crippen molar-refractivity contribution >= 4 is 22.6 Å². The van der Waals surface area contributed by atoms with Crippen LogP contribution in [0.1, 0.15) is 5.56 Å². The third-order valence-electron chi connectivity index (χ3n) is 4.06. The van der Waals surface area contributed by atoms with Gasteiger partial charge in [-0.2, -0.15) is 10.2 Å². The van der Waals surface area contributed by atoms with Gasteiger partial charge in [-0.05, 0) is 30.3 Å². The summed E-state index contributed by atoms with van der Waals surface area (Å²) in [5.74, 6) is 0. The maximum atomic E-state index is 12.0. The molecule has 7 heteroatoms. The summed E-state index contributed by atoms with van der Waals surface area (Å²) in [7, 11) is 1.84. The number of urea groups is 1. The second kappa shape index (κ2) is 6.72. The third-order valence-corrected chi connectivity index (χ3v) is 4.06. The number of anilines is 1. The van der Waals surface area contributed by atoms with E-state index in [-0.39, 0.29) is 6.03 Å². The molecule has 2 heterocycles. The van der Waals surface area contributed by atoms with Crippen LogP contribution in [0.5, 0.6) is 0 Å². The van der Waals surface area contributed by atoms with Crippen LogP contribution in [-0.4, -0.2) is 25.6 Å². The SMILES string of the molecule is Cn1cc(CNC(=O)Nc2ccc(-n3ncc4ccccc43)cc2)cn1. The number of nitrogens with one attached hydrogen (secondary N) is 2. The predicted molar refractivity (Wildman–Crippen MR) is 100 cm³/mol. The van der Waals surface area contributed by atoms with E-state index in [0.29, 0.717) is 12.2 Å². The van der Waals surface area contributed by atoms with Crippen molar-refractivity contribution in [3.05, 3.63) is 72.7 Å². The molecule has 0 aliphatic heterocycles. The van der Waals surface area contributed by atoms with Crippen molar-refractivity contribution in [2.24, 2.45) is 7.05 Å². The summed E-state index contributed by atoms with van der Waals surface area (Å²) in [4.78, 5) is 12.0. The number of nitrogens with zero attached hydrogens (tertiary/aromatic N) is 4. The fraction of sp³-hybridized carbons (Fsp3) is 0.105. The van der Waals surface area contributed by atoms with Crippen molar-refractivity contribution in [2.45, 2.75) is 6.54 Å². The second-order valence-corrected chi connectivity index (χ2v) is 5.99. The standard InChI is InChI=1S/C19H18N6O/c1-24-13-14(11-21-24)10-20-19(26)23-16-6-8-17(9-7-16)25-18-5-3-2-4-15(18)12-22-25/h2-9,11-13H,10H2,1H3,(H2,20,23,26). The maximum absolute atomic E-state index is 12.0. The molecule has 130 valence electrons. The smallest absolute Gasteiger partial charge is 0.319 e. The molecule has 2 aromatic heterocycles. The van der Waals surface area contributed by atoms with Crippen LogP contribution in [0.15, 0.2) is 67.1 Å². The molecule has 2 N–H and O–H groups in total. The number of fused-ring (bicyclic) bond motifs is 1. The maximum Gasteiger partial charge on any atom is 0.319 e. The molecule has 2 amide bonds. The normalized spacial score (nSPS) is 10.8. The molecule has 0 aliphatic rings. The van der Waals surface area contributed by atoms with Gasteiger partial charge >= 0.3 is 6.03 Å². The zero-order valence-corrected chi connectivity index (χ0v) is 14.3. The van der Waals surface area contributed by atoms with Crippen LogP contribution in [0.2, 0.25) is 0 Å². The van der Waals surface area contributed by atoms with E-state index in [9.17, 15) is 4.79 Å². The third kappa shape index (κ3) is 3.27. The van der Waals surface area contributed by atoms with Crippen LogP contribution in [0.3, 0.4) is 0 Å². The van der Waals surface area contributed by atoms with Crippen LogP contribution < -0.4 is 10.6 Å². The predicted octanol–water partition coefficient (Wildman–Crippen LogP) is 3.08. The molecule has 0 unspecified atom stereocenters. The number of aryl methyl sites for hydroxylation is 1. The van der Waals surface area contributed by atoms with Gasteiger partial charge in [0.2, 0.25) is 0 Å². The van der Waals surface area contributed by atoms with Gasteiger partial charge in [-0.25, -0.2) is 9.48 Å². The van der Waals surface area contributed by atoms with Gasteiger partial charge in [0.05, 0.1) is 23.6 Å². The molecular formula is C19H18N6O. The number of aromatic nitrogens is 4. The van der Waals surface area contributed by atoms with E-state index < -0.39 is 0 Å². The zero-order chi connectivity index (χ0) is 17.9. The van der Waals surface area contributed by atoms with Crippen LogP contribution in [0.25, 0.3) is 16.6 Å². The number of hydrogen-bond acceptors (Lipinski definition) is 3.